The van der Waals surface area contributed by atoms with Crippen LogP contribution in [0.5, 0.6) is 0 Å². The topological polar surface area (TPSA) is 160 Å². The van der Waals surface area contributed by atoms with Gasteiger partial charge in [-0.25, -0.2) is 4.99 Å². The summed E-state index contributed by atoms with van der Waals surface area (Å²) in [4.78, 5) is 39.3. The van der Waals surface area contributed by atoms with Gasteiger partial charge in [0.05, 0.1) is 23.5 Å². The Morgan fingerprint density at radius 2 is 1.74 bits per heavy atom. The fraction of sp³-hybridized carbons (Fsp3) is 0.200. The second-order valence-corrected chi connectivity index (χ2v) is 8.62. The molecule has 0 fully saturated rings. The molecule has 0 atom stereocenters. The van der Waals surface area contributed by atoms with E-state index >= 15 is 0 Å². The van der Waals surface area contributed by atoms with E-state index < -0.39 is 47.6 Å². The van der Waals surface area contributed by atoms with Crippen molar-refractivity contribution >= 4 is 67.0 Å². The lowest BCUT2D eigenvalue weighted by atomic mass is 10.1. The number of anilines is 1. The largest absolute Gasteiger partial charge is 0.481 e. The Balaban J connectivity index is 2.18. The van der Waals surface area contributed by atoms with Gasteiger partial charge in [-0.2, -0.15) is 13.2 Å². The minimum absolute atomic E-state index is 0.118. The molecule has 9 nitrogen and oxygen atoms in total. The molecule has 0 aromatic heterocycles. The number of rotatable bonds is 8. The summed E-state index contributed by atoms with van der Waals surface area (Å²) in [5, 5.41) is 13.7. The molecule has 34 heavy (non-hydrogen) atoms. The van der Waals surface area contributed by atoms with Crippen molar-refractivity contribution in [3.05, 3.63) is 56.0 Å². The van der Waals surface area contributed by atoms with E-state index in [1.54, 1.807) is 12.1 Å². The van der Waals surface area contributed by atoms with Crippen LogP contribution in [0.25, 0.3) is 0 Å². The van der Waals surface area contributed by atoms with E-state index in [-0.39, 0.29) is 18.5 Å². The molecule has 14 heteroatoms. The number of aliphatic imine (C=N–C) groups is 1. The first kappa shape index (κ1) is 27.1. The van der Waals surface area contributed by atoms with Gasteiger partial charge in [-0.15, -0.1) is 0 Å². The minimum atomic E-state index is -4.76. The molecule has 2 aromatic carbocycles. The molecule has 0 aliphatic rings. The van der Waals surface area contributed by atoms with Crippen LogP contribution in [0, 0.1) is 0 Å². The van der Waals surface area contributed by atoms with Crippen LogP contribution in [0.4, 0.5) is 24.5 Å². The first-order valence-corrected chi connectivity index (χ1v) is 10.9. The normalized spacial score (nSPS) is 11.0. The number of amides is 2. The molecule has 0 aliphatic carbocycles. The van der Waals surface area contributed by atoms with Crippen molar-refractivity contribution in [2.75, 3.05) is 11.9 Å². The molecule has 182 valence electrons. The molecule has 0 saturated heterocycles. The number of benzene rings is 2. The average molecular weight is 609 g/mol. The van der Waals surface area contributed by atoms with Gasteiger partial charge in [0.15, 0.2) is 5.96 Å². The average Bonchev–Trinajstić information content (AvgIpc) is 2.71. The van der Waals surface area contributed by atoms with Crippen molar-refractivity contribution in [3.8, 4) is 0 Å². The highest BCUT2D eigenvalue weighted by molar-refractivity contribution is 9.11. The van der Waals surface area contributed by atoms with Gasteiger partial charge in [0, 0.05) is 20.9 Å². The molecule has 0 spiro atoms. The summed E-state index contributed by atoms with van der Waals surface area (Å²) in [6.45, 7) is -0.576. The second kappa shape index (κ2) is 11.3. The Hall–Kier alpha value is -3.13. The zero-order valence-corrected chi connectivity index (χ0v) is 20.3. The van der Waals surface area contributed by atoms with Crippen LogP contribution < -0.4 is 22.1 Å². The molecule has 0 saturated carbocycles. The van der Waals surface area contributed by atoms with Gasteiger partial charge in [-0.1, -0.05) is 15.9 Å². The number of alkyl halides is 3. The Morgan fingerprint density at radius 3 is 2.32 bits per heavy atom. The molecule has 0 bridgehead atoms. The fourth-order valence-corrected chi connectivity index (χ4v) is 4.18. The summed E-state index contributed by atoms with van der Waals surface area (Å²) in [6.07, 6.45) is -4.83. The van der Waals surface area contributed by atoms with Gasteiger partial charge in [0.2, 0.25) is 5.91 Å². The fourth-order valence-electron chi connectivity index (χ4n) is 2.77. The van der Waals surface area contributed by atoms with Crippen LogP contribution in [0.15, 0.2) is 44.3 Å². The van der Waals surface area contributed by atoms with Gasteiger partial charge in [0.1, 0.15) is 0 Å². The number of nitrogens with two attached hydrogens (primary N) is 2. The number of carboxylic acids is 1. The Morgan fingerprint density at radius 1 is 1.06 bits per heavy atom. The van der Waals surface area contributed by atoms with E-state index in [2.05, 4.69) is 47.5 Å². The molecule has 0 unspecified atom stereocenters. The van der Waals surface area contributed by atoms with Crippen molar-refractivity contribution in [1.29, 1.82) is 0 Å². The van der Waals surface area contributed by atoms with Crippen LogP contribution >= 0.6 is 31.9 Å². The predicted octanol–water partition coefficient (Wildman–Crippen LogP) is 3.52. The van der Waals surface area contributed by atoms with Crippen LogP contribution in [0.3, 0.4) is 0 Å². The molecule has 2 rings (SSSR count). The summed E-state index contributed by atoms with van der Waals surface area (Å²) < 4.78 is 40.6. The monoisotopic (exact) mass is 607 g/mol. The van der Waals surface area contributed by atoms with Gasteiger partial charge < -0.3 is 27.2 Å². The third kappa shape index (κ3) is 8.02. The number of nitrogens with zero attached hydrogens (tertiary/aromatic N) is 1. The molecular weight excluding hydrogens is 591 g/mol. The number of guanidine groups is 1. The number of nitrogens with one attached hydrogen (secondary N) is 2. The van der Waals surface area contributed by atoms with E-state index in [0.29, 0.717) is 32.3 Å². The second-order valence-electron chi connectivity index (χ2n) is 6.85. The maximum Gasteiger partial charge on any atom is 0.416 e. The predicted molar refractivity (Wildman–Crippen MR) is 126 cm³/mol. The van der Waals surface area contributed by atoms with Crippen LogP contribution in [-0.4, -0.2) is 35.4 Å². The molecule has 2 aromatic rings. The highest BCUT2D eigenvalue weighted by Crippen LogP contribution is 2.33. The lowest BCUT2D eigenvalue weighted by Crippen LogP contribution is -2.33. The summed E-state index contributed by atoms with van der Waals surface area (Å²) in [5.41, 5.74) is 9.39. The number of aliphatic carboxylic acids is 1. The van der Waals surface area contributed by atoms with E-state index in [9.17, 15) is 27.6 Å². The Kier molecular flexibility index (Phi) is 9.04. The van der Waals surface area contributed by atoms with Crippen molar-refractivity contribution < 1.29 is 32.7 Å². The third-order valence-electron chi connectivity index (χ3n) is 4.18. The highest BCUT2D eigenvalue weighted by atomic mass is 79.9. The van der Waals surface area contributed by atoms with Crippen molar-refractivity contribution in [2.24, 2.45) is 16.5 Å². The smallest absolute Gasteiger partial charge is 0.416 e. The van der Waals surface area contributed by atoms with Gasteiger partial charge in [-0.05, 0) is 58.2 Å². The zero-order chi connectivity index (χ0) is 25.6. The zero-order valence-electron chi connectivity index (χ0n) is 17.2. The summed E-state index contributed by atoms with van der Waals surface area (Å²) in [7, 11) is 0. The van der Waals surface area contributed by atoms with E-state index in [0.717, 1.165) is 6.07 Å². The maximum absolute atomic E-state index is 13.2. The molecule has 0 aliphatic heterocycles. The SMILES string of the molecule is NC(N)=Nc1cc(C(=O)NCC(=O)Nc2c(Br)cc(Br)cc2CCC(=O)O)cc(C(F)(F)F)c1. The number of hydrogen-bond acceptors (Lipinski definition) is 4. The lowest BCUT2D eigenvalue weighted by Gasteiger charge is -2.14. The van der Waals surface area contributed by atoms with Crippen molar-refractivity contribution in [1.82, 2.24) is 5.32 Å². The van der Waals surface area contributed by atoms with E-state index in [1.165, 1.54) is 0 Å². The number of carboxylic acid groups (broad SMARTS) is 1. The molecule has 7 N–H and O–H groups in total. The van der Waals surface area contributed by atoms with E-state index in [4.69, 9.17) is 16.6 Å². The quantitative estimate of drug-likeness (QED) is 0.228. The summed E-state index contributed by atoms with van der Waals surface area (Å²) >= 11 is 6.57. The number of halogens is 5. The van der Waals surface area contributed by atoms with Gasteiger partial charge >= 0.3 is 12.1 Å². The standard InChI is InChI=1S/C20H18Br2F3N5O4/c21-12-4-9(1-2-16(32)33)17(14(22)7-12)30-15(31)8-28-18(34)10-3-11(20(23,24)25)6-13(5-10)29-19(26)27/h3-7H,1-2,8H2,(H,28,34)(H,30,31)(H,32,33)(H4,26,27,29). The third-order valence-corrected chi connectivity index (χ3v) is 5.27. The van der Waals surface area contributed by atoms with Gasteiger partial charge in [0.25, 0.3) is 5.91 Å². The number of carbonyl (C=O) groups is 3. The number of carbonyl (C=O) groups excluding carboxylic acids is 2. The van der Waals surface area contributed by atoms with Gasteiger partial charge in [-0.3, -0.25) is 14.4 Å². The highest BCUT2D eigenvalue weighted by Gasteiger charge is 2.32. The molecule has 0 heterocycles. The van der Waals surface area contributed by atoms with Crippen LogP contribution in [0.1, 0.15) is 27.9 Å². The van der Waals surface area contributed by atoms with Crippen molar-refractivity contribution in [2.45, 2.75) is 19.0 Å². The minimum Gasteiger partial charge on any atom is -0.481 e. The van der Waals surface area contributed by atoms with Crippen molar-refractivity contribution in [3.63, 3.8) is 0 Å². The number of hydrogen-bond donors (Lipinski definition) is 5. The maximum atomic E-state index is 13.2. The first-order valence-electron chi connectivity index (χ1n) is 9.36. The summed E-state index contributed by atoms with van der Waals surface area (Å²) in [6, 6.07) is 5.58. The number of aryl methyl sites for hydroxylation is 1. The van der Waals surface area contributed by atoms with Crippen LogP contribution in [-0.2, 0) is 22.2 Å². The summed E-state index contributed by atoms with van der Waals surface area (Å²) in [5.74, 6) is -3.18. The van der Waals surface area contributed by atoms with Crippen LogP contribution in [0.2, 0.25) is 0 Å². The molecule has 0 radical (unpaired) electrons. The Labute approximate surface area is 208 Å². The Bertz CT molecular complexity index is 1150. The first-order chi connectivity index (χ1) is 15.8. The molecular formula is C20H18Br2F3N5O4. The lowest BCUT2D eigenvalue weighted by molar-refractivity contribution is -0.138. The van der Waals surface area contributed by atoms with E-state index in [1.807, 2.05) is 0 Å². The molecule has 2 amide bonds.